The fraction of sp³-hybridized carbons (Fsp3) is 0.844. The largest absolute Gasteiger partial charge is 0.466 e. The van der Waals surface area contributed by atoms with Crippen LogP contribution in [0, 0.1) is 0 Å². The standard InChI is InChI=1S/C11H20FNO2.C10H18ClFO2.C9H18FNO2.C8H16FNO2.C7H14FNO.H3N/c1-5-15-10(14)7-6-9(13-4)8-11(2,3)12;1-4-14-9(13)6-5-8(11)7-10(2,3)12;1-5-13-8(12)7(11-4)6-9(2,3)10;1-4-12-7(11)6(10)5-8(2,3)9;1-7(2,8)4-6(5-10)9-3;/h6-7,9,13H,5,8H2,1-4H3;8H,4-7H2,1-3H3;7,11H,5-6H2,1-4H3;6H,4-5,10H2,1-3H3;5-6,9H,4H2,1-3H3;1H3/b7-6+;;;;;. The number of esters is 4. The Kier molecular flexibility index (Phi) is 44.2. The van der Waals surface area contributed by atoms with Crippen molar-refractivity contribution in [2.45, 2.75) is 200 Å². The molecule has 0 amide bonds. The van der Waals surface area contributed by atoms with Gasteiger partial charge < -0.3 is 51.6 Å². The van der Waals surface area contributed by atoms with Crippen LogP contribution in [0.4, 0.5) is 22.0 Å². The molecule has 8 N–H and O–H groups in total. The van der Waals surface area contributed by atoms with Gasteiger partial charge in [-0.3, -0.25) is 14.4 Å². The van der Waals surface area contributed by atoms with Crippen LogP contribution in [0.5, 0.6) is 0 Å². The molecule has 65 heavy (non-hydrogen) atoms. The Bertz CT molecular complexity index is 1270. The molecule has 0 fully saturated rings. The summed E-state index contributed by atoms with van der Waals surface area (Å²) in [4.78, 5) is 54.2. The van der Waals surface area contributed by atoms with Gasteiger partial charge in [0, 0.05) is 43.2 Å². The molecule has 0 bridgehead atoms. The number of carbonyl (C=O) groups excluding carboxylic acids is 5. The van der Waals surface area contributed by atoms with Crippen LogP contribution in [-0.2, 0) is 42.9 Å². The van der Waals surface area contributed by atoms with E-state index in [1.165, 1.54) is 75.3 Å². The van der Waals surface area contributed by atoms with Crippen molar-refractivity contribution < 1.29 is 64.9 Å². The zero-order valence-corrected chi connectivity index (χ0v) is 43.4. The minimum Gasteiger partial charge on any atom is -0.466 e. The SMILES string of the molecule is CCOC(=O)/C=C/C(CC(C)(C)F)NC.CCOC(=O)C(CC(C)(C)F)NC.CCOC(=O)C(N)CC(C)(C)F.CCOC(=O)CCC(Cl)CC(C)(C)F.CNC(C=O)CC(C)(C)F.N. The van der Waals surface area contributed by atoms with Gasteiger partial charge in [0.2, 0.25) is 0 Å². The predicted octanol–water partition coefficient (Wildman–Crippen LogP) is 8.27. The molecule has 0 saturated carbocycles. The summed E-state index contributed by atoms with van der Waals surface area (Å²) in [7, 11) is 4.99. The summed E-state index contributed by atoms with van der Waals surface area (Å²) in [6, 6.07) is -1.93. The van der Waals surface area contributed by atoms with Gasteiger partial charge in [0.15, 0.2) is 0 Å². The molecule has 5 unspecified atom stereocenters. The normalized spacial score (nSPS) is 13.9. The molecule has 0 aliphatic heterocycles. The number of alkyl halides is 6. The lowest BCUT2D eigenvalue weighted by Gasteiger charge is -2.20. The molecule has 0 aliphatic rings. The number of ether oxygens (including phenoxy) is 4. The maximum atomic E-state index is 13.3. The molecule has 0 saturated heterocycles. The highest BCUT2D eigenvalue weighted by Crippen LogP contribution is 2.23. The van der Waals surface area contributed by atoms with E-state index >= 15 is 0 Å². The van der Waals surface area contributed by atoms with Crippen LogP contribution in [0.3, 0.4) is 0 Å². The summed E-state index contributed by atoms with van der Waals surface area (Å²) in [5.74, 6) is -1.59. The van der Waals surface area contributed by atoms with Crippen LogP contribution >= 0.6 is 11.6 Å². The maximum Gasteiger partial charge on any atom is 0.330 e. The first-order valence-electron chi connectivity index (χ1n) is 21.7. The van der Waals surface area contributed by atoms with Gasteiger partial charge in [0.1, 0.15) is 46.7 Å². The van der Waals surface area contributed by atoms with E-state index in [0.29, 0.717) is 32.7 Å². The second-order valence-electron chi connectivity index (χ2n) is 17.5. The number of carbonyl (C=O) groups is 5. The van der Waals surface area contributed by atoms with E-state index in [9.17, 15) is 45.9 Å². The van der Waals surface area contributed by atoms with E-state index in [1.807, 2.05) is 0 Å². The monoisotopic (exact) mass is 974 g/mol. The van der Waals surface area contributed by atoms with Crippen molar-refractivity contribution >= 4 is 41.8 Å². The summed E-state index contributed by atoms with van der Waals surface area (Å²) in [6.07, 6.45) is 5.33. The average molecular weight is 975 g/mol. The molecule has 0 radical (unpaired) electrons. The molecular weight excluding hydrogens is 885 g/mol. The Hall–Kier alpha value is -2.97. The first-order valence-corrected chi connectivity index (χ1v) is 22.1. The van der Waals surface area contributed by atoms with Gasteiger partial charge in [0.05, 0.1) is 32.5 Å². The highest BCUT2D eigenvalue weighted by Gasteiger charge is 2.28. The summed E-state index contributed by atoms with van der Waals surface area (Å²) in [5.41, 5.74) is -1.21. The van der Waals surface area contributed by atoms with Gasteiger partial charge in [-0.1, -0.05) is 6.08 Å². The number of hydrogen-bond acceptors (Lipinski definition) is 14. The maximum absolute atomic E-state index is 13.3. The summed E-state index contributed by atoms with van der Waals surface area (Å²) < 4.78 is 84.2. The quantitative estimate of drug-likeness (QED) is 0.0145. The van der Waals surface area contributed by atoms with Gasteiger partial charge in [-0.15, -0.1) is 11.6 Å². The second kappa shape index (κ2) is 39.1. The number of hydrogen-bond donors (Lipinski definition) is 5. The lowest BCUT2D eigenvalue weighted by Crippen LogP contribution is -2.40. The molecule has 0 aromatic carbocycles. The van der Waals surface area contributed by atoms with Crippen LogP contribution in [-0.4, -0.2) is 136 Å². The summed E-state index contributed by atoms with van der Waals surface area (Å²) in [6.45, 7) is 22.8. The van der Waals surface area contributed by atoms with Crippen LogP contribution in [0.2, 0.25) is 0 Å². The summed E-state index contributed by atoms with van der Waals surface area (Å²) in [5, 5.41) is 8.04. The van der Waals surface area contributed by atoms with Crippen molar-refractivity contribution in [3.63, 3.8) is 0 Å². The molecule has 0 aromatic rings. The van der Waals surface area contributed by atoms with Crippen molar-refractivity contribution in [2.75, 3.05) is 47.6 Å². The van der Waals surface area contributed by atoms with E-state index in [0.717, 1.165) is 6.29 Å². The second-order valence-corrected chi connectivity index (χ2v) is 18.2. The molecule has 390 valence electrons. The molecule has 0 rings (SSSR count). The smallest absolute Gasteiger partial charge is 0.330 e. The highest BCUT2D eigenvalue weighted by molar-refractivity contribution is 6.20. The van der Waals surface area contributed by atoms with E-state index in [-0.39, 0.29) is 68.3 Å². The third-order valence-corrected chi connectivity index (χ3v) is 8.02. The topological polar surface area (TPSA) is 219 Å². The average Bonchev–Trinajstić information content (AvgIpc) is 3.12. The molecule has 0 aliphatic carbocycles. The van der Waals surface area contributed by atoms with Crippen LogP contribution in [0.1, 0.15) is 142 Å². The molecular formula is C45H89ClF5N5O9. The van der Waals surface area contributed by atoms with Gasteiger partial charge in [-0.2, -0.15) is 0 Å². The van der Waals surface area contributed by atoms with Gasteiger partial charge in [0.25, 0.3) is 0 Å². The van der Waals surface area contributed by atoms with Gasteiger partial charge in [-0.05, 0) is 137 Å². The number of nitrogens with two attached hydrogens (primary N) is 1. The van der Waals surface area contributed by atoms with Crippen molar-refractivity contribution in [3.8, 4) is 0 Å². The predicted molar refractivity (Wildman–Crippen MR) is 251 cm³/mol. The molecule has 20 heteroatoms. The number of rotatable bonds is 25. The third-order valence-electron chi connectivity index (χ3n) is 7.65. The van der Waals surface area contributed by atoms with Gasteiger partial charge in [-0.25, -0.2) is 26.7 Å². The first-order chi connectivity index (χ1) is 29.0. The number of aldehydes is 1. The lowest BCUT2D eigenvalue weighted by molar-refractivity contribution is -0.147. The van der Waals surface area contributed by atoms with Crippen LogP contribution in [0.25, 0.3) is 0 Å². The van der Waals surface area contributed by atoms with E-state index in [1.54, 1.807) is 54.9 Å². The van der Waals surface area contributed by atoms with Crippen molar-refractivity contribution in [1.29, 1.82) is 0 Å². The molecule has 5 atom stereocenters. The van der Waals surface area contributed by atoms with Crippen molar-refractivity contribution in [2.24, 2.45) is 5.73 Å². The van der Waals surface area contributed by atoms with Crippen molar-refractivity contribution in [3.05, 3.63) is 12.2 Å². The molecule has 0 heterocycles. The lowest BCUT2D eigenvalue weighted by atomic mass is 10.0. The zero-order chi connectivity index (χ0) is 51.5. The Labute approximate surface area is 393 Å². The summed E-state index contributed by atoms with van der Waals surface area (Å²) >= 11 is 5.86. The minimum atomic E-state index is -1.42. The van der Waals surface area contributed by atoms with E-state index < -0.39 is 58.3 Å². The number of likely N-dealkylation sites (N-methyl/N-ethyl adjacent to an activating group) is 3. The van der Waals surface area contributed by atoms with Gasteiger partial charge >= 0.3 is 23.9 Å². The Morgan fingerprint density at radius 2 is 0.969 bits per heavy atom. The Morgan fingerprint density at radius 1 is 0.585 bits per heavy atom. The zero-order valence-electron chi connectivity index (χ0n) is 42.6. The van der Waals surface area contributed by atoms with E-state index in [4.69, 9.17) is 31.5 Å². The molecule has 0 aromatic heterocycles. The molecule has 14 nitrogen and oxygen atoms in total. The van der Waals surface area contributed by atoms with E-state index in [2.05, 4.69) is 20.7 Å². The first kappa shape index (κ1) is 73.6. The third kappa shape index (κ3) is 59.0. The number of nitrogens with one attached hydrogen (secondary N) is 3. The van der Waals surface area contributed by atoms with Crippen LogP contribution < -0.4 is 27.8 Å². The van der Waals surface area contributed by atoms with Crippen molar-refractivity contribution in [1.82, 2.24) is 22.1 Å². The molecule has 0 spiro atoms. The number of halogens is 6. The fourth-order valence-electron chi connectivity index (χ4n) is 4.94. The minimum absolute atomic E-state index is 0. The Morgan fingerprint density at radius 3 is 1.29 bits per heavy atom. The highest BCUT2D eigenvalue weighted by atomic mass is 35.5. The fourth-order valence-corrected chi connectivity index (χ4v) is 5.42. The Balaban J connectivity index is -0.000000168. The van der Waals surface area contributed by atoms with Crippen LogP contribution in [0.15, 0.2) is 12.2 Å².